The molecule has 0 aliphatic carbocycles. The van der Waals surface area contributed by atoms with Crippen LogP contribution in [0.1, 0.15) is 36.6 Å². The Kier molecular flexibility index (Phi) is 3.85. The Morgan fingerprint density at radius 3 is 2.45 bits per heavy atom. The van der Waals surface area contributed by atoms with E-state index in [9.17, 15) is 13.2 Å². The van der Waals surface area contributed by atoms with Crippen molar-refractivity contribution in [3.8, 4) is 5.69 Å². The third kappa shape index (κ3) is 2.85. The van der Waals surface area contributed by atoms with Crippen LogP contribution in [-0.2, 0) is 12.7 Å². The number of halogens is 3. The van der Waals surface area contributed by atoms with Crippen molar-refractivity contribution in [1.82, 2.24) is 9.78 Å². The maximum Gasteiger partial charge on any atom is 0.416 e. The van der Waals surface area contributed by atoms with Crippen molar-refractivity contribution < 1.29 is 13.2 Å². The standard InChI is InChI=1S/C14H16F3N3/c1-9(2)13-5-6-20(19-13)11-4-3-10(8-18)12(7-11)14(15,16)17/h3-7,9H,8,18H2,1-2H3. The molecule has 0 bridgehead atoms. The van der Waals surface area contributed by atoms with Gasteiger partial charge in [-0.3, -0.25) is 0 Å². The molecule has 2 rings (SSSR count). The van der Waals surface area contributed by atoms with E-state index in [0.717, 1.165) is 11.8 Å². The monoisotopic (exact) mass is 283 g/mol. The van der Waals surface area contributed by atoms with Gasteiger partial charge in [0.05, 0.1) is 16.9 Å². The van der Waals surface area contributed by atoms with Crippen LogP contribution >= 0.6 is 0 Å². The highest BCUT2D eigenvalue weighted by molar-refractivity contribution is 5.42. The number of rotatable bonds is 3. The number of nitrogens with two attached hydrogens (primary N) is 1. The first-order valence-corrected chi connectivity index (χ1v) is 6.29. The first-order valence-electron chi connectivity index (χ1n) is 6.29. The Labute approximate surface area is 115 Å². The van der Waals surface area contributed by atoms with Gasteiger partial charge in [-0.2, -0.15) is 18.3 Å². The van der Waals surface area contributed by atoms with Gasteiger partial charge < -0.3 is 5.73 Å². The first kappa shape index (κ1) is 14.6. The zero-order valence-electron chi connectivity index (χ0n) is 11.3. The van der Waals surface area contributed by atoms with E-state index in [1.807, 2.05) is 13.8 Å². The second-order valence-corrected chi connectivity index (χ2v) is 4.88. The molecule has 0 fully saturated rings. The van der Waals surface area contributed by atoms with E-state index >= 15 is 0 Å². The zero-order valence-corrected chi connectivity index (χ0v) is 11.3. The van der Waals surface area contributed by atoms with E-state index in [1.165, 1.54) is 10.7 Å². The van der Waals surface area contributed by atoms with Crippen LogP contribution in [0.25, 0.3) is 5.69 Å². The van der Waals surface area contributed by atoms with Crippen LogP contribution in [0.3, 0.4) is 0 Å². The second kappa shape index (κ2) is 5.28. The van der Waals surface area contributed by atoms with Gasteiger partial charge in [-0.15, -0.1) is 0 Å². The summed E-state index contributed by atoms with van der Waals surface area (Å²) in [5, 5.41) is 4.28. The van der Waals surface area contributed by atoms with Crippen LogP contribution in [0.5, 0.6) is 0 Å². The summed E-state index contributed by atoms with van der Waals surface area (Å²) in [5.74, 6) is 0.224. The van der Waals surface area contributed by atoms with Gasteiger partial charge in [-0.25, -0.2) is 4.68 Å². The van der Waals surface area contributed by atoms with Crippen molar-refractivity contribution in [2.45, 2.75) is 32.5 Å². The average Bonchev–Trinajstić information content (AvgIpc) is 2.86. The van der Waals surface area contributed by atoms with Crippen LogP contribution in [-0.4, -0.2) is 9.78 Å². The number of benzene rings is 1. The predicted octanol–water partition coefficient (Wildman–Crippen LogP) is 3.47. The highest BCUT2D eigenvalue weighted by Gasteiger charge is 2.33. The summed E-state index contributed by atoms with van der Waals surface area (Å²) in [5.41, 5.74) is 5.94. The van der Waals surface area contributed by atoms with Gasteiger partial charge in [0.25, 0.3) is 0 Å². The molecule has 0 saturated heterocycles. The highest BCUT2D eigenvalue weighted by atomic mass is 19.4. The van der Waals surface area contributed by atoms with Gasteiger partial charge in [0, 0.05) is 12.7 Å². The Balaban J connectivity index is 2.47. The van der Waals surface area contributed by atoms with E-state index in [-0.39, 0.29) is 18.0 Å². The van der Waals surface area contributed by atoms with Crippen LogP contribution < -0.4 is 5.73 Å². The summed E-state index contributed by atoms with van der Waals surface area (Å²) in [6, 6.07) is 5.87. The Morgan fingerprint density at radius 2 is 1.95 bits per heavy atom. The van der Waals surface area contributed by atoms with E-state index in [4.69, 9.17) is 5.73 Å². The molecule has 3 nitrogen and oxygen atoms in total. The summed E-state index contributed by atoms with van der Waals surface area (Å²) in [7, 11) is 0. The molecule has 0 aliphatic heterocycles. The van der Waals surface area contributed by atoms with Crippen LogP contribution in [0.2, 0.25) is 0 Å². The largest absolute Gasteiger partial charge is 0.416 e. The van der Waals surface area contributed by atoms with Crippen molar-refractivity contribution in [2.75, 3.05) is 0 Å². The summed E-state index contributed by atoms with van der Waals surface area (Å²) in [6.45, 7) is 3.81. The normalized spacial score (nSPS) is 12.2. The average molecular weight is 283 g/mol. The fourth-order valence-corrected chi connectivity index (χ4v) is 1.94. The number of hydrogen-bond acceptors (Lipinski definition) is 2. The summed E-state index contributed by atoms with van der Waals surface area (Å²) in [4.78, 5) is 0. The molecule has 0 spiro atoms. The van der Waals surface area contributed by atoms with Gasteiger partial charge in [0.2, 0.25) is 0 Å². The Morgan fingerprint density at radius 1 is 1.25 bits per heavy atom. The van der Waals surface area contributed by atoms with Crippen LogP contribution in [0.4, 0.5) is 13.2 Å². The maximum atomic E-state index is 13.0. The van der Waals surface area contributed by atoms with Gasteiger partial charge in [0.1, 0.15) is 0 Å². The Bertz CT molecular complexity index is 600. The topological polar surface area (TPSA) is 43.8 Å². The number of aromatic nitrogens is 2. The minimum atomic E-state index is -4.42. The smallest absolute Gasteiger partial charge is 0.326 e. The van der Waals surface area contributed by atoms with Gasteiger partial charge in [-0.1, -0.05) is 19.9 Å². The first-order chi connectivity index (χ1) is 9.32. The van der Waals surface area contributed by atoms with Crippen molar-refractivity contribution in [2.24, 2.45) is 5.73 Å². The van der Waals surface area contributed by atoms with Crippen LogP contribution in [0.15, 0.2) is 30.5 Å². The molecule has 0 aliphatic rings. The molecule has 1 heterocycles. The molecule has 0 radical (unpaired) electrons. The molecular formula is C14H16F3N3. The number of hydrogen-bond donors (Lipinski definition) is 1. The van der Waals surface area contributed by atoms with E-state index in [0.29, 0.717) is 5.69 Å². The highest BCUT2D eigenvalue weighted by Crippen LogP contribution is 2.33. The summed E-state index contributed by atoms with van der Waals surface area (Å²) in [6.07, 6.45) is -2.76. The molecule has 108 valence electrons. The lowest BCUT2D eigenvalue weighted by atomic mass is 10.1. The minimum absolute atomic E-state index is 0.0810. The number of alkyl halides is 3. The molecule has 6 heteroatoms. The molecule has 1 aromatic carbocycles. The van der Waals surface area contributed by atoms with E-state index in [2.05, 4.69) is 5.10 Å². The van der Waals surface area contributed by atoms with Gasteiger partial charge >= 0.3 is 6.18 Å². The predicted molar refractivity (Wildman–Crippen MR) is 70.5 cm³/mol. The lowest BCUT2D eigenvalue weighted by Gasteiger charge is -2.13. The summed E-state index contributed by atoms with van der Waals surface area (Å²) >= 11 is 0. The molecule has 0 saturated carbocycles. The Hall–Kier alpha value is -1.82. The summed E-state index contributed by atoms with van der Waals surface area (Å²) < 4.78 is 40.4. The van der Waals surface area contributed by atoms with E-state index in [1.54, 1.807) is 18.3 Å². The molecule has 20 heavy (non-hydrogen) atoms. The van der Waals surface area contributed by atoms with Crippen molar-refractivity contribution in [3.63, 3.8) is 0 Å². The van der Waals surface area contributed by atoms with Crippen molar-refractivity contribution in [3.05, 3.63) is 47.3 Å². The number of nitrogens with zero attached hydrogens (tertiary/aromatic N) is 2. The second-order valence-electron chi connectivity index (χ2n) is 4.88. The molecule has 2 aromatic rings. The van der Waals surface area contributed by atoms with Gasteiger partial charge in [0.15, 0.2) is 0 Å². The van der Waals surface area contributed by atoms with Crippen molar-refractivity contribution >= 4 is 0 Å². The maximum absolute atomic E-state index is 13.0. The third-order valence-electron chi connectivity index (χ3n) is 3.08. The SMILES string of the molecule is CC(C)c1ccn(-c2ccc(CN)c(C(F)(F)F)c2)n1. The van der Waals surface area contributed by atoms with Crippen LogP contribution in [0, 0.1) is 0 Å². The molecular weight excluding hydrogens is 267 g/mol. The quantitative estimate of drug-likeness (QED) is 0.937. The fourth-order valence-electron chi connectivity index (χ4n) is 1.94. The minimum Gasteiger partial charge on any atom is -0.326 e. The third-order valence-corrected chi connectivity index (χ3v) is 3.08. The molecule has 0 amide bonds. The fraction of sp³-hybridized carbons (Fsp3) is 0.357. The molecule has 2 N–H and O–H groups in total. The molecule has 0 unspecified atom stereocenters. The lowest BCUT2D eigenvalue weighted by molar-refractivity contribution is -0.138. The zero-order chi connectivity index (χ0) is 14.9. The lowest BCUT2D eigenvalue weighted by Crippen LogP contribution is -2.13. The molecule has 0 atom stereocenters. The molecule has 1 aromatic heterocycles. The van der Waals surface area contributed by atoms with Crippen molar-refractivity contribution in [1.29, 1.82) is 0 Å². The van der Waals surface area contributed by atoms with E-state index < -0.39 is 11.7 Å². The van der Waals surface area contributed by atoms with Gasteiger partial charge in [-0.05, 0) is 29.7 Å².